The molecule has 2 aliphatic carbocycles. The van der Waals surface area contributed by atoms with E-state index < -0.39 is 5.97 Å². The number of hydrogen-bond acceptors (Lipinski definition) is 4. The molecule has 0 aromatic heterocycles. The average molecular weight is 377 g/mol. The number of carboxylic acid groups (broad SMARTS) is 1. The first-order chi connectivity index (χ1) is 13.6. The van der Waals surface area contributed by atoms with Crippen molar-refractivity contribution in [3.8, 4) is 0 Å². The Morgan fingerprint density at radius 1 is 1.07 bits per heavy atom. The molecule has 0 amide bonds. The van der Waals surface area contributed by atoms with Gasteiger partial charge in [-0.3, -0.25) is 0 Å². The predicted molar refractivity (Wildman–Crippen MR) is 105 cm³/mol. The van der Waals surface area contributed by atoms with Crippen molar-refractivity contribution < 1.29 is 19.4 Å². The van der Waals surface area contributed by atoms with E-state index in [9.17, 15) is 14.7 Å². The van der Waals surface area contributed by atoms with Crippen LogP contribution < -0.4 is 5.32 Å². The van der Waals surface area contributed by atoms with Crippen LogP contribution in [-0.4, -0.2) is 24.2 Å². The van der Waals surface area contributed by atoms with Gasteiger partial charge in [0.1, 0.15) is 0 Å². The fraction of sp³-hybridized carbons (Fsp3) is 0.391. The van der Waals surface area contributed by atoms with E-state index in [0.29, 0.717) is 34.8 Å². The number of rotatable bonds is 3. The van der Waals surface area contributed by atoms with Crippen molar-refractivity contribution in [2.45, 2.75) is 31.2 Å². The number of anilines is 1. The van der Waals surface area contributed by atoms with Gasteiger partial charge in [-0.15, -0.1) is 0 Å². The first-order valence-corrected chi connectivity index (χ1v) is 9.89. The molecule has 5 atom stereocenters. The largest absolute Gasteiger partial charge is 0.478 e. The summed E-state index contributed by atoms with van der Waals surface area (Å²) in [6, 6.07) is 13.2. The Morgan fingerprint density at radius 2 is 1.82 bits per heavy atom. The van der Waals surface area contributed by atoms with E-state index in [0.717, 1.165) is 11.3 Å². The highest BCUT2D eigenvalue weighted by Gasteiger charge is 2.54. The lowest BCUT2D eigenvalue weighted by Crippen LogP contribution is -2.36. The Hall–Kier alpha value is -2.82. The van der Waals surface area contributed by atoms with Gasteiger partial charge in [-0.05, 0) is 72.3 Å². The normalized spacial score (nSPS) is 29.5. The van der Waals surface area contributed by atoms with Crippen LogP contribution in [0.3, 0.4) is 0 Å². The molecule has 2 aromatic carbocycles. The highest BCUT2D eigenvalue weighted by Crippen LogP contribution is 2.63. The lowest BCUT2D eigenvalue weighted by Gasteiger charge is -2.44. The molecule has 2 bridgehead atoms. The van der Waals surface area contributed by atoms with Gasteiger partial charge in [0.25, 0.3) is 0 Å². The van der Waals surface area contributed by atoms with Crippen LogP contribution in [0.2, 0.25) is 0 Å². The predicted octanol–water partition coefficient (Wildman–Crippen LogP) is 4.47. The second-order valence-electron chi connectivity index (χ2n) is 8.25. The number of carboxylic acids is 1. The summed E-state index contributed by atoms with van der Waals surface area (Å²) < 4.78 is 4.80. The maximum absolute atomic E-state index is 11.8. The fourth-order valence-corrected chi connectivity index (χ4v) is 5.97. The summed E-state index contributed by atoms with van der Waals surface area (Å²) in [6.45, 7) is 0. The zero-order chi connectivity index (χ0) is 19.4. The van der Waals surface area contributed by atoms with Gasteiger partial charge in [-0.2, -0.15) is 0 Å². The fourth-order valence-electron chi connectivity index (χ4n) is 5.97. The van der Waals surface area contributed by atoms with Crippen LogP contribution in [0.15, 0.2) is 42.5 Å². The molecule has 0 radical (unpaired) electrons. The van der Waals surface area contributed by atoms with E-state index in [4.69, 9.17) is 4.74 Å². The molecule has 2 N–H and O–H groups in total. The summed E-state index contributed by atoms with van der Waals surface area (Å²) in [4.78, 5) is 23.6. The van der Waals surface area contributed by atoms with Gasteiger partial charge in [0.2, 0.25) is 0 Å². The van der Waals surface area contributed by atoms with Crippen molar-refractivity contribution in [3.63, 3.8) is 0 Å². The SMILES string of the molecule is COC(=O)c1ccc([C@H]2Nc3c(C(=O)O)cccc3[C@H]3[C@H]4CC[C@H](C4)[C@@H]32)cc1. The lowest BCUT2D eigenvalue weighted by molar-refractivity contribution is 0.0599. The summed E-state index contributed by atoms with van der Waals surface area (Å²) in [5, 5.41) is 13.3. The molecule has 28 heavy (non-hydrogen) atoms. The number of nitrogens with one attached hydrogen (secondary N) is 1. The Kier molecular flexibility index (Phi) is 3.93. The minimum absolute atomic E-state index is 0.0556. The third-order valence-electron chi connectivity index (χ3n) is 7.04. The van der Waals surface area contributed by atoms with Crippen molar-refractivity contribution in [1.82, 2.24) is 0 Å². The monoisotopic (exact) mass is 377 g/mol. The molecule has 3 aliphatic rings. The number of ether oxygens (including phenoxy) is 1. The Labute approximate surface area is 163 Å². The van der Waals surface area contributed by atoms with Gasteiger partial charge in [0.05, 0.1) is 30.0 Å². The van der Waals surface area contributed by atoms with Gasteiger partial charge in [0.15, 0.2) is 0 Å². The summed E-state index contributed by atoms with van der Waals surface area (Å²) in [6.07, 6.45) is 3.71. The van der Waals surface area contributed by atoms with Crippen LogP contribution in [0.5, 0.6) is 0 Å². The van der Waals surface area contributed by atoms with Gasteiger partial charge in [0, 0.05) is 0 Å². The van der Waals surface area contributed by atoms with Crippen LogP contribution >= 0.6 is 0 Å². The first kappa shape index (κ1) is 17.3. The third-order valence-corrected chi connectivity index (χ3v) is 7.04. The van der Waals surface area contributed by atoms with Gasteiger partial charge < -0.3 is 15.2 Å². The minimum atomic E-state index is -0.897. The highest BCUT2D eigenvalue weighted by atomic mass is 16.5. The smallest absolute Gasteiger partial charge is 0.337 e. The standard InChI is InChI=1S/C23H23NO4/c1-28-23(27)13-7-5-12(6-8-13)20-19-15-10-9-14(11-15)18(19)16-3-2-4-17(22(25)26)21(16)24-20/h2-8,14-15,18-20,24H,9-11H2,1H3,(H,25,26)/t14-,15+,18+,19-,20+/m0/s1. The number of carbonyl (C=O) groups excluding carboxylic acids is 1. The van der Waals surface area contributed by atoms with Crippen molar-refractivity contribution in [2.75, 3.05) is 12.4 Å². The summed E-state index contributed by atoms with van der Waals surface area (Å²) in [5.41, 5.74) is 3.90. The van der Waals surface area contributed by atoms with E-state index in [1.165, 1.54) is 31.9 Å². The molecular weight excluding hydrogens is 354 g/mol. The van der Waals surface area contributed by atoms with Crippen molar-refractivity contribution in [3.05, 3.63) is 64.7 Å². The molecule has 5 rings (SSSR count). The number of hydrogen-bond donors (Lipinski definition) is 2. The van der Waals surface area contributed by atoms with Gasteiger partial charge in [-0.1, -0.05) is 24.3 Å². The van der Waals surface area contributed by atoms with E-state index in [-0.39, 0.29) is 12.0 Å². The zero-order valence-corrected chi connectivity index (χ0v) is 15.7. The van der Waals surface area contributed by atoms with E-state index in [1.54, 1.807) is 18.2 Å². The molecule has 2 aromatic rings. The quantitative estimate of drug-likeness (QED) is 0.772. The maximum atomic E-state index is 11.8. The van der Waals surface area contributed by atoms with Crippen LogP contribution in [0.4, 0.5) is 5.69 Å². The summed E-state index contributed by atoms with van der Waals surface area (Å²) in [5.74, 6) is 0.912. The van der Waals surface area contributed by atoms with Crippen molar-refractivity contribution in [2.24, 2.45) is 17.8 Å². The van der Waals surface area contributed by atoms with Gasteiger partial charge >= 0.3 is 11.9 Å². The second-order valence-corrected chi connectivity index (χ2v) is 8.25. The number of carbonyl (C=O) groups is 2. The second kappa shape index (κ2) is 6.36. The van der Waals surface area contributed by atoms with Crippen LogP contribution in [0.25, 0.3) is 0 Å². The number of aromatic carboxylic acids is 1. The third kappa shape index (κ3) is 2.45. The number of methoxy groups -OCH3 is 1. The van der Waals surface area contributed by atoms with Gasteiger partial charge in [-0.25, -0.2) is 9.59 Å². The first-order valence-electron chi connectivity index (χ1n) is 9.89. The molecule has 0 spiro atoms. The molecule has 144 valence electrons. The number of fused-ring (bicyclic) bond motifs is 7. The molecule has 2 saturated carbocycles. The molecular formula is C23H23NO4. The highest BCUT2D eigenvalue weighted by molar-refractivity contribution is 5.95. The number of para-hydroxylation sites is 1. The molecule has 0 unspecified atom stereocenters. The van der Waals surface area contributed by atoms with Crippen LogP contribution in [0, 0.1) is 17.8 Å². The molecule has 0 saturated heterocycles. The van der Waals surface area contributed by atoms with E-state index >= 15 is 0 Å². The molecule has 2 fully saturated rings. The number of esters is 1. The van der Waals surface area contributed by atoms with E-state index in [2.05, 4.69) is 11.4 Å². The molecule has 1 aliphatic heterocycles. The topological polar surface area (TPSA) is 75.6 Å². The Bertz CT molecular complexity index is 952. The molecule has 5 nitrogen and oxygen atoms in total. The van der Waals surface area contributed by atoms with Crippen molar-refractivity contribution >= 4 is 17.6 Å². The van der Waals surface area contributed by atoms with E-state index in [1.807, 2.05) is 18.2 Å². The van der Waals surface area contributed by atoms with Crippen molar-refractivity contribution in [1.29, 1.82) is 0 Å². The maximum Gasteiger partial charge on any atom is 0.337 e. The zero-order valence-electron chi connectivity index (χ0n) is 15.7. The Morgan fingerprint density at radius 3 is 2.54 bits per heavy atom. The summed E-state index contributed by atoms with van der Waals surface area (Å²) >= 11 is 0. The average Bonchev–Trinajstić information content (AvgIpc) is 3.35. The molecule has 5 heteroatoms. The number of benzene rings is 2. The minimum Gasteiger partial charge on any atom is -0.478 e. The van der Waals surface area contributed by atoms with Crippen LogP contribution in [0.1, 0.15) is 63.1 Å². The Balaban J connectivity index is 1.59. The lowest BCUT2D eigenvalue weighted by atomic mass is 9.67. The summed E-state index contributed by atoms with van der Waals surface area (Å²) in [7, 11) is 1.38. The molecule has 1 heterocycles. The van der Waals surface area contributed by atoms with Crippen LogP contribution in [-0.2, 0) is 4.74 Å².